The van der Waals surface area contributed by atoms with Crippen molar-refractivity contribution in [2.45, 2.75) is 62.8 Å². The Morgan fingerprint density at radius 2 is 1.79 bits per heavy atom. The lowest BCUT2D eigenvalue weighted by Crippen LogP contribution is -2.40. The van der Waals surface area contributed by atoms with Crippen LogP contribution in [0.25, 0.3) is 11.4 Å². The van der Waals surface area contributed by atoms with Gasteiger partial charge < -0.3 is 19.2 Å². The van der Waals surface area contributed by atoms with Crippen LogP contribution >= 0.6 is 11.8 Å². The Kier molecular flexibility index (Phi) is 8.76. The number of nitrogens with zero attached hydrogens (tertiary/aromatic N) is 2. The molecule has 0 aliphatic rings. The molecule has 7 nitrogen and oxygen atoms in total. The van der Waals surface area contributed by atoms with E-state index in [1.165, 1.54) is 11.8 Å². The third-order valence-corrected chi connectivity index (χ3v) is 6.38. The second kappa shape index (κ2) is 11.7. The number of aliphatic carboxylic acids is 1. The molecule has 0 radical (unpaired) electrons. The second-order valence-electron chi connectivity index (χ2n) is 8.46. The number of unbranched alkanes of at least 4 members (excludes halogenated alkanes) is 2. The van der Waals surface area contributed by atoms with E-state index in [9.17, 15) is 14.7 Å². The first-order chi connectivity index (χ1) is 16.3. The van der Waals surface area contributed by atoms with Gasteiger partial charge in [0.15, 0.2) is 5.82 Å². The fraction of sp³-hybridized carbons (Fsp3) is 0.346. The van der Waals surface area contributed by atoms with Crippen LogP contribution in [0.2, 0.25) is 0 Å². The monoisotopic (exact) mass is 480 g/mol. The maximum Gasteiger partial charge on any atom is 0.413 e. The minimum Gasteiger partial charge on any atom is -0.549 e. The lowest BCUT2D eigenvalue weighted by atomic mass is 10.2. The largest absolute Gasteiger partial charge is 0.549 e. The lowest BCUT2D eigenvalue weighted by molar-refractivity contribution is -0.308. The summed E-state index contributed by atoms with van der Waals surface area (Å²) < 4.78 is 6.30. The molecule has 0 aliphatic heterocycles. The predicted molar refractivity (Wildman–Crippen MR) is 132 cm³/mol. The first-order valence-electron chi connectivity index (χ1n) is 11.3. The summed E-state index contributed by atoms with van der Waals surface area (Å²) in [6, 6.07) is 17.0. The average molecular weight is 481 g/mol. The van der Waals surface area contributed by atoms with Crippen LogP contribution in [0, 0.1) is 0 Å². The summed E-state index contributed by atoms with van der Waals surface area (Å²) in [5.74, 6) is 0.0363. The zero-order valence-electron chi connectivity index (χ0n) is 19.7. The average Bonchev–Trinajstić information content (AvgIpc) is 3.21. The van der Waals surface area contributed by atoms with Crippen molar-refractivity contribution < 1.29 is 19.4 Å². The Morgan fingerprint density at radius 1 is 1.09 bits per heavy atom. The molecule has 0 bridgehead atoms. The molecule has 3 aromatic rings. The summed E-state index contributed by atoms with van der Waals surface area (Å²) in [5, 5.41) is 14.0. The van der Waals surface area contributed by atoms with Gasteiger partial charge in [0.2, 0.25) is 0 Å². The molecule has 0 saturated carbocycles. The Morgan fingerprint density at radius 3 is 2.44 bits per heavy atom. The van der Waals surface area contributed by atoms with Gasteiger partial charge >= 0.3 is 6.09 Å². The number of anilines is 1. The first-order valence-corrected chi connectivity index (χ1v) is 12.2. The van der Waals surface area contributed by atoms with Crippen molar-refractivity contribution in [1.82, 2.24) is 9.55 Å². The summed E-state index contributed by atoms with van der Waals surface area (Å²) >= 11 is 1.23. The number of rotatable bonds is 11. The van der Waals surface area contributed by atoms with Crippen LogP contribution in [-0.2, 0) is 22.7 Å². The van der Waals surface area contributed by atoms with Gasteiger partial charge in [-0.05, 0) is 38.0 Å². The van der Waals surface area contributed by atoms with Crippen molar-refractivity contribution in [2.24, 2.45) is 0 Å². The maximum atomic E-state index is 12.3. The summed E-state index contributed by atoms with van der Waals surface area (Å²) in [7, 11) is 0. The summed E-state index contributed by atoms with van der Waals surface area (Å²) in [5.41, 5.74) is 1.78. The molecule has 0 unspecified atom stereocenters. The highest BCUT2D eigenvalue weighted by Gasteiger charge is 2.21. The number of carbonyl (C=O) groups excluding carboxylic acids is 2. The van der Waals surface area contributed by atoms with E-state index in [0.29, 0.717) is 5.82 Å². The fourth-order valence-corrected chi connectivity index (χ4v) is 4.23. The molecule has 0 aliphatic carbocycles. The molecule has 34 heavy (non-hydrogen) atoms. The number of imidazole rings is 1. The molecule has 1 heterocycles. The van der Waals surface area contributed by atoms with Crippen molar-refractivity contribution in [2.75, 3.05) is 5.32 Å². The third-order valence-electron chi connectivity index (χ3n) is 5.20. The fourth-order valence-electron chi connectivity index (χ4n) is 3.28. The van der Waals surface area contributed by atoms with Gasteiger partial charge in [-0.25, -0.2) is 9.78 Å². The summed E-state index contributed by atoms with van der Waals surface area (Å²) in [6.45, 7) is 6.34. The highest BCUT2D eigenvalue weighted by atomic mass is 32.2. The number of nitrogens with one attached hydrogen (secondary N) is 1. The van der Waals surface area contributed by atoms with E-state index in [0.717, 1.165) is 47.7 Å². The predicted octanol–water partition coefficient (Wildman–Crippen LogP) is 5.11. The topological polar surface area (TPSA) is 96.3 Å². The smallest absolute Gasteiger partial charge is 0.413 e. The maximum absolute atomic E-state index is 12.3. The number of carbonyl (C=O) groups is 2. The first kappa shape index (κ1) is 25.4. The SMILES string of the molecule is CCCCCn1cc(NC(=O)OCc2ccccc2)nc1-c1ccc(SC(C)(C)C(=O)[O-])cc1. The Bertz CT molecular complexity index is 1090. The molecule has 2 aromatic carbocycles. The number of amides is 1. The number of benzene rings is 2. The van der Waals surface area contributed by atoms with Crippen molar-refractivity contribution in [1.29, 1.82) is 0 Å². The molecule has 0 spiro atoms. The number of carboxylic acid groups (broad SMARTS) is 1. The van der Waals surface area contributed by atoms with Crippen LogP contribution in [0.3, 0.4) is 0 Å². The molecular weight excluding hydrogens is 450 g/mol. The van der Waals surface area contributed by atoms with E-state index in [2.05, 4.69) is 17.2 Å². The Labute approximate surface area is 204 Å². The number of aryl methyl sites for hydroxylation is 1. The van der Waals surface area contributed by atoms with E-state index in [1.54, 1.807) is 13.8 Å². The number of thioether (sulfide) groups is 1. The lowest BCUT2D eigenvalue weighted by Gasteiger charge is -2.25. The van der Waals surface area contributed by atoms with Crippen LogP contribution in [0.5, 0.6) is 0 Å². The van der Waals surface area contributed by atoms with E-state index in [4.69, 9.17) is 4.74 Å². The zero-order chi connectivity index (χ0) is 24.6. The molecule has 0 fully saturated rings. The van der Waals surface area contributed by atoms with Crippen LogP contribution in [0.4, 0.5) is 10.6 Å². The number of hydrogen-bond acceptors (Lipinski definition) is 6. The van der Waals surface area contributed by atoms with Crippen LogP contribution in [0.15, 0.2) is 65.7 Å². The summed E-state index contributed by atoms with van der Waals surface area (Å²) in [6.07, 6.45) is 4.43. The van der Waals surface area contributed by atoms with Gasteiger partial charge in [-0.1, -0.05) is 62.2 Å². The van der Waals surface area contributed by atoms with Gasteiger partial charge in [0.05, 0.1) is 10.7 Å². The third kappa shape index (κ3) is 7.12. The zero-order valence-corrected chi connectivity index (χ0v) is 20.6. The Balaban J connectivity index is 1.73. The van der Waals surface area contributed by atoms with Gasteiger partial charge in [-0.2, -0.15) is 0 Å². The van der Waals surface area contributed by atoms with Gasteiger partial charge in [0, 0.05) is 23.2 Å². The molecule has 180 valence electrons. The standard InChI is InChI=1S/C26H31N3O4S/c1-4-5-9-16-29-17-22(28-25(32)33-18-19-10-7-6-8-11-19)27-23(29)20-12-14-21(15-13-20)34-26(2,3)24(30)31/h6-8,10-15,17H,4-5,9,16,18H2,1-3H3,(H,28,32)(H,30,31)/p-1. The molecule has 0 saturated heterocycles. The minimum atomic E-state index is -1.11. The molecular formula is C26H30N3O4S-. The molecule has 8 heteroatoms. The van der Waals surface area contributed by atoms with Gasteiger partial charge in [-0.3, -0.25) is 5.32 Å². The number of hydrogen-bond donors (Lipinski definition) is 1. The van der Waals surface area contributed by atoms with Crippen molar-refractivity contribution >= 4 is 29.6 Å². The van der Waals surface area contributed by atoms with Crippen molar-refractivity contribution in [3.63, 3.8) is 0 Å². The van der Waals surface area contributed by atoms with Gasteiger partial charge in [-0.15, -0.1) is 11.8 Å². The van der Waals surface area contributed by atoms with Crippen molar-refractivity contribution in [3.8, 4) is 11.4 Å². The molecule has 1 N–H and O–H groups in total. The second-order valence-corrected chi connectivity index (χ2v) is 10.2. The number of aromatic nitrogens is 2. The number of carboxylic acids is 1. The van der Waals surface area contributed by atoms with Crippen LogP contribution < -0.4 is 10.4 Å². The van der Waals surface area contributed by atoms with E-state index < -0.39 is 16.8 Å². The van der Waals surface area contributed by atoms with E-state index in [-0.39, 0.29) is 6.61 Å². The van der Waals surface area contributed by atoms with Crippen LogP contribution in [-0.4, -0.2) is 26.4 Å². The molecule has 3 rings (SSSR count). The summed E-state index contributed by atoms with van der Waals surface area (Å²) in [4.78, 5) is 29.1. The van der Waals surface area contributed by atoms with Gasteiger partial charge in [0.25, 0.3) is 0 Å². The van der Waals surface area contributed by atoms with Gasteiger partial charge in [0.1, 0.15) is 12.4 Å². The molecule has 1 amide bonds. The van der Waals surface area contributed by atoms with E-state index >= 15 is 0 Å². The normalized spacial score (nSPS) is 11.3. The quantitative estimate of drug-likeness (QED) is 0.303. The number of ether oxygens (including phenoxy) is 1. The van der Waals surface area contributed by atoms with E-state index in [1.807, 2.05) is 65.4 Å². The van der Waals surface area contributed by atoms with Crippen molar-refractivity contribution in [3.05, 3.63) is 66.4 Å². The minimum absolute atomic E-state index is 0.179. The molecule has 1 aromatic heterocycles. The Hall–Kier alpha value is -3.26. The highest BCUT2D eigenvalue weighted by Crippen LogP contribution is 2.33. The highest BCUT2D eigenvalue weighted by molar-refractivity contribution is 8.01. The molecule has 0 atom stereocenters. The van der Waals surface area contributed by atoms with Crippen LogP contribution in [0.1, 0.15) is 45.6 Å².